The lowest BCUT2D eigenvalue weighted by molar-refractivity contribution is 0.102. The van der Waals surface area contributed by atoms with E-state index in [-0.39, 0.29) is 16.7 Å². The summed E-state index contributed by atoms with van der Waals surface area (Å²) in [5.74, 6) is 0.780. The molecular formula is C22H15BrCl2N6O2S. The van der Waals surface area contributed by atoms with Crippen LogP contribution in [0.4, 0.5) is 11.6 Å². The molecule has 0 radical (unpaired) electrons. The molecular weight excluding hydrogens is 563 g/mol. The topological polar surface area (TPSA) is 108 Å². The lowest BCUT2D eigenvalue weighted by atomic mass is 10.2. The number of carbonyl (C=O) groups excluding carboxylic acids is 1. The number of fused-ring (bicyclic) bond motifs is 2. The summed E-state index contributed by atoms with van der Waals surface area (Å²) in [6, 6.07) is 7.56. The molecule has 1 amide bonds. The number of imidazole rings is 1. The molecule has 12 heteroatoms. The Morgan fingerprint density at radius 1 is 1.24 bits per heavy atom. The van der Waals surface area contributed by atoms with Crippen molar-refractivity contribution in [3.63, 3.8) is 0 Å². The van der Waals surface area contributed by atoms with Crippen molar-refractivity contribution in [2.24, 2.45) is 0 Å². The third kappa shape index (κ3) is 3.49. The van der Waals surface area contributed by atoms with E-state index >= 15 is 0 Å². The number of nitrogens with two attached hydrogens (primary N) is 1. The Labute approximate surface area is 215 Å². The molecule has 0 aliphatic carbocycles. The summed E-state index contributed by atoms with van der Waals surface area (Å²) in [4.78, 5) is 26.5. The van der Waals surface area contributed by atoms with Crippen molar-refractivity contribution in [2.75, 3.05) is 18.2 Å². The highest BCUT2D eigenvalue weighted by atomic mass is 79.9. The number of hydrogen-bond acceptors (Lipinski definition) is 7. The monoisotopic (exact) mass is 576 g/mol. The average Bonchev–Trinajstić information content (AvgIpc) is 3.41. The summed E-state index contributed by atoms with van der Waals surface area (Å²) in [5.41, 5.74) is 9.50. The highest BCUT2D eigenvalue weighted by Crippen LogP contribution is 2.46. The Hall–Kier alpha value is -2.92. The van der Waals surface area contributed by atoms with E-state index in [1.165, 1.54) is 24.8 Å². The van der Waals surface area contributed by atoms with Gasteiger partial charge in [-0.25, -0.2) is 15.0 Å². The van der Waals surface area contributed by atoms with Crippen LogP contribution in [0.15, 0.2) is 40.4 Å². The van der Waals surface area contributed by atoms with E-state index in [4.69, 9.17) is 33.7 Å². The molecule has 0 fully saturated rings. The van der Waals surface area contributed by atoms with E-state index in [0.717, 1.165) is 11.0 Å². The molecule has 3 aromatic heterocycles. The predicted molar refractivity (Wildman–Crippen MR) is 140 cm³/mol. The molecule has 34 heavy (non-hydrogen) atoms. The standard InChI is InChI=1S/C22H15BrCl2N6O2S/c1-9-13(23)18(33-2)15(25)17(14(9)24)30-21(32)10-7-34-19-16(10)27-8-28-20(19)31-12-6-4-3-5-11(12)29-22(31)26/h3-8H,1-2H3,(H2,26,29)(H,30,32). The highest BCUT2D eigenvalue weighted by Gasteiger charge is 2.24. The van der Waals surface area contributed by atoms with Crippen LogP contribution < -0.4 is 15.8 Å². The summed E-state index contributed by atoms with van der Waals surface area (Å²) < 4.78 is 8.42. The molecule has 3 heterocycles. The van der Waals surface area contributed by atoms with E-state index < -0.39 is 5.91 Å². The van der Waals surface area contributed by atoms with Crippen molar-refractivity contribution in [1.82, 2.24) is 19.5 Å². The molecule has 2 aromatic carbocycles. The number of anilines is 2. The maximum atomic E-state index is 13.3. The number of nitrogen functional groups attached to an aromatic ring is 1. The number of rotatable bonds is 4. The van der Waals surface area contributed by atoms with E-state index in [0.29, 0.717) is 42.4 Å². The van der Waals surface area contributed by atoms with Gasteiger partial charge in [0, 0.05) is 5.38 Å². The van der Waals surface area contributed by atoms with E-state index in [2.05, 4.69) is 36.2 Å². The van der Waals surface area contributed by atoms with Crippen LogP contribution in [-0.4, -0.2) is 32.5 Å². The fourth-order valence-corrected chi connectivity index (χ4v) is 6.02. The molecule has 0 saturated carbocycles. The first-order valence-electron chi connectivity index (χ1n) is 9.81. The number of para-hydroxylation sites is 2. The van der Waals surface area contributed by atoms with E-state index in [9.17, 15) is 4.79 Å². The van der Waals surface area contributed by atoms with Crippen LogP contribution in [0.1, 0.15) is 15.9 Å². The third-order valence-corrected chi connectivity index (χ3v) is 8.07. The van der Waals surface area contributed by atoms with Gasteiger partial charge in [0.25, 0.3) is 5.91 Å². The van der Waals surface area contributed by atoms with Gasteiger partial charge >= 0.3 is 0 Å². The van der Waals surface area contributed by atoms with Gasteiger partial charge in [0.2, 0.25) is 5.95 Å². The van der Waals surface area contributed by atoms with E-state index in [1.807, 2.05) is 24.3 Å². The lowest BCUT2D eigenvalue weighted by Crippen LogP contribution is -2.13. The van der Waals surface area contributed by atoms with Gasteiger partial charge in [-0.3, -0.25) is 9.36 Å². The number of methoxy groups -OCH3 is 1. The van der Waals surface area contributed by atoms with Gasteiger partial charge in [-0.2, -0.15) is 0 Å². The summed E-state index contributed by atoms with van der Waals surface area (Å²) >= 11 is 17.7. The minimum atomic E-state index is -0.424. The Kier molecular flexibility index (Phi) is 5.85. The van der Waals surface area contributed by atoms with Gasteiger partial charge in [-0.1, -0.05) is 35.3 Å². The van der Waals surface area contributed by atoms with Crippen molar-refractivity contribution >= 4 is 89.3 Å². The predicted octanol–water partition coefficient (Wildman–Crippen LogP) is 6.25. The van der Waals surface area contributed by atoms with Crippen molar-refractivity contribution in [2.45, 2.75) is 6.92 Å². The number of amides is 1. The molecule has 0 aliphatic rings. The highest BCUT2D eigenvalue weighted by molar-refractivity contribution is 9.10. The normalized spacial score (nSPS) is 11.3. The van der Waals surface area contributed by atoms with Crippen LogP contribution in [-0.2, 0) is 0 Å². The SMILES string of the molecule is COc1c(Cl)c(NC(=O)c2csc3c(-n4c(N)nc5ccccc54)ncnc23)c(Cl)c(C)c1Br. The Morgan fingerprint density at radius 3 is 2.76 bits per heavy atom. The maximum absolute atomic E-state index is 13.3. The number of thiophene rings is 1. The molecule has 3 N–H and O–H groups in total. The number of nitrogens with zero attached hydrogens (tertiary/aromatic N) is 4. The lowest BCUT2D eigenvalue weighted by Gasteiger charge is -2.16. The second-order valence-corrected chi connectivity index (χ2v) is 9.68. The molecule has 0 atom stereocenters. The molecule has 0 unspecified atom stereocenters. The zero-order chi connectivity index (χ0) is 24.1. The first-order valence-corrected chi connectivity index (χ1v) is 12.2. The van der Waals surface area contributed by atoms with Gasteiger partial charge in [0.15, 0.2) is 11.6 Å². The Balaban J connectivity index is 1.61. The number of carbonyl (C=O) groups is 1. The summed E-state index contributed by atoms with van der Waals surface area (Å²) in [6.07, 6.45) is 1.39. The number of halogens is 3. The first-order chi connectivity index (χ1) is 16.3. The van der Waals surface area contributed by atoms with Gasteiger partial charge in [0.05, 0.1) is 49.1 Å². The number of benzene rings is 2. The average molecular weight is 578 g/mol. The van der Waals surface area contributed by atoms with Gasteiger partial charge in [0.1, 0.15) is 11.3 Å². The minimum absolute atomic E-state index is 0.186. The van der Waals surface area contributed by atoms with Crippen LogP contribution in [0, 0.1) is 6.92 Å². The fraction of sp³-hybridized carbons (Fsp3) is 0.0909. The molecule has 0 aliphatic heterocycles. The molecule has 0 saturated heterocycles. The van der Waals surface area contributed by atoms with Crippen molar-refractivity contribution in [1.29, 1.82) is 0 Å². The summed E-state index contributed by atoms with van der Waals surface area (Å²) in [7, 11) is 1.49. The molecule has 0 bridgehead atoms. The number of aromatic nitrogens is 4. The quantitative estimate of drug-likeness (QED) is 0.261. The van der Waals surface area contributed by atoms with Crippen LogP contribution in [0.25, 0.3) is 27.1 Å². The van der Waals surface area contributed by atoms with Crippen LogP contribution in [0.5, 0.6) is 5.75 Å². The van der Waals surface area contributed by atoms with Crippen LogP contribution in [0.2, 0.25) is 10.0 Å². The molecule has 172 valence electrons. The Bertz CT molecular complexity index is 1620. The zero-order valence-electron chi connectivity index (χ0n) is 17.7. The maximum Gasteiger partial charge on any atom is 0.258 e. The van der Waals surface area contributed by atoms with Gasteiger partial charge < -0.3 is 15.8 Å². The number of ether oxygens (including phenoxy) is 1. The first kappa shape index (κ1) is 22.9. The smallest absolute Gasteiger partial charge is 0.258 e. The third-order valence-electron chi connectivity index (χ3n) is 5.32. The zero-order valence-corrected chi connectivity index (χ0v) is 21.6. The molecule has 0 spiro atoms. The molecule has 8 nitrogen and oxygen atoms in total. The minimum Gasteiger partial charge on any atom is -0.494 e. The van der Waals surface area contributed by atoms with Crippen molar-refractivity contribution in [3.8, 4) is 11.6 Å². The van der Waals surface area contributed by atoms with Gasteiger partial charge in [-0.15, -0.1) is 11.3 Å². The van der Waals surface area contributed by atoms with Crippen LogP contribution in [0.3, 0.4) is 0 Å². The van der Waals surface area contributed by atoms with E-state index in [1.54, 1.807) is 16.9 Å². The number of nitrogens with one attached hydrogen (secondary N) is 1. The molecule has 5 rings (SSSR count). The second kappa shape index (κ2) is 8.70. The van der Waals surface area contributed by atoms with Crippen LogP contribution >= 0.6 is 50.5 Å². The van der Waals surface area contributed by atoms with Crippen molar-refractivity contribution < 1.29 is 9.53 Å². The fourth-order valence-electron chi connectivity index (χ4n) is 3.66. The van der Waals surface area contributed by atoms with Crippen molar-refractivity contribution in [3.05, 3.63) is 61.6 Å². The second-order valence-electron chi connectivity index (χ2n) is 7.25. The largest absolute Gasteiger partial charge is 0.494 e. The molecule has 5 aromatic rings. The summed E-state index contributed by atoms with van der Waals surface area (Å²) in [6.45, 7) is 1.79. The Morgan fingerprint density at radius 2 is 2.00 bits per heavy atom. The summed E-state index contributed by atoms with van der Waals surface area (Å²) in [5, 5.41) is 5.01. The number of hydrogen-bond donors (Lipinski definition) is 2. The van der Waals surface area contributed by atoms with Gasteiger partial charge in [-0.05, 0) is 40.5 Å².